The van der Waals surface area contributed by atoms with Crippen molar-refractivity contribution in [3.63, 3.8) is 0 Å². The third-order valence-electron chi connectivity index (χ3n) is 5.73. The first-order valence-corrected chi connectivity index (χ1v) is 9.41. The molecule has 0 radical (unpaired) electrons. The van der Waals surface area contributed by atoms with E-state index in [1.807, 2.05) is 28.8 Å². The van der Waals surface area contributed by atoms with E-state index in [1.54, 1.807) is 0 Å². The van der Waals surface area contributed by atoms with Gasteiger partial charge in [0.15, 0.2) is 0 Å². The van der Waals surface area contributed by atoms with Crippen LogP contribution in [0, 0.1) is 0 Å². The van der Waals surface area contributed by atoms with Crippen LogP contribution in [0.4, 0.5) is 0 Å². The van der Waals surface area contributed by atoms with Crippen LogP contribution in [-0.4, -0.2) is 43.5 Å². The van der Waals surface area contributed by atoms with E-state index in [9.17, 15) is 4.79 Å². The van der Waals surface area contributed by atoms with E-state index in [4.69, 9.17) is 0 Å². The molecule has 3 aromatic rings. The molecule has 26 heavy (non-hydrogen) atoms. The lowest BCUT2D eigenvalue weighted by Crippen LogP contribution is -2.30. The highest BCUT2D eigenvalue weighted by atomic mass is 16.2. The summed E-state index contributed by atoms with van der Waals surface area (Å²) in [6.07, 6.45) is 8.04. The number of nitrogens with zero attached hydrogens (tertiary/aromatic N) is 5. The molecule has 1 aromatic carbocycles. The molecule has 3 heterocycles. The topological polar surface area (TPSA) is 56.0 Å². The van der Waals surface area contributed by atoms with E-state index in [0.29, 0.717) is 12.3 Å². The van der Waals surface area contributed by atoms with Crippen LogP contribution in [-0.2, 0) is 18.3 Å². The molecule has 0 bridgehead atoms. The summed E-state index contributed by atoms with van der Waals surface area (Å²) < 4.78 is 4.07. The fourth-order valence-electron chi connectivity index (χ4n) is 4.06. The molecule has 1 atom stereocenters. The zero-order valence-electron chi connectivity index (χ0n) is 15.0. The number of carbonyl (C=O) groups excluding carboxylic acids is 1. The Morgan fingerprint density at radius 3 is 2.88 bits per heavy atom. The number of rotatable bonds is 4. The van der Waals surface area contributed by atoms with Gasteiger partial charge in [0.1, 0.15) is 0 Å². The molecule has 0 spiro atoms. The molecule has 2 aliphatic rings. The van der Waals surface area contributed by atoms with Gasteiger partial charge in [-0.2, -0.15) is 0 Å². The number of aromatic nitrogens is 4. The minimum absolute atomic E-state index is 0.200. The van der Waals surface area contributed by atoms with Gasteiger partial charge in [-0.05, 0) is 30.9 Å². The van der Waals surface area contributed by atoms with E-state index in [2.05, 4.69) is 39.4 Å². The monoisotopic (exact) mass is 349 g/mol. The molecule has 1 unspecified atom stereocenters. The van der Waals surface area contributed by atoms with E-state index >= 15 is 0 Å². The van der Waals surface area contributed by atoms with Crippen LogP contribution in [0.1, 0.15) is 42.5 Å². The smallest absolute Gasteiger partial charge is 0.227 e. The highest BCUT2D eigenvalue weighted by molar-refractivity contribution is 5.89. The van der Waals surface area contributed by atoms with E-state index in [1.165, 1.54) is 23.7 Å². The number of hydrogen-bond acceptors (Lipinski definition) is 3. The molecule has 6 nitrogen and oxygen atoms in total. The van der Waals surface area contributed by atoms with Gasteiger partial charge in [0.2, 0.25) is 5.91 Å². The SMILES string of the molecule is Cn1cc(CC(=O)N2CCC(n3cc(C4CC4)nn3)C2)c2ccccc21. The van der Waals surface area contributed by atoms with Crippen LogP contribution in [0.15, 0.2) is 36.7 Å². The standard InChI is InChI=1S/C20H23N5O/c1-23-11-15(17-4-2-3-5-19(17)23)10-20(26)24-9-8-16(12-24)25-13-18(21-22-25)14-6-7-14/h2-5,11,13-14,16H,6-10,12H2,1H3. The summed E-state index contributed by atoms with van der Waals surface area (Å²) in [5.74, 6) is 0.820. The Hall–Kier alpha value is -2.63. The molecule has 6 heteroatoms. The minimum Gasteiger partial charge on any atom is -0.350 e. The van der Waals surface area contributed by atoms with Gasteiger partial charge in [-0.3, -0.25) is 4.79 Å². The van der Waals surface area contributed by atoms with Gasteiger partial charge < -0.3 is 9.47 Å². The lowest BCUT2D eigenvalue weighted by molar-refractivity contribution is -0.129. The predicted octanol–water partition coefficient (Wildman–Crippen LogP) is 2.66. The molecular weight excluding hydrogens is 326 g/mol. The molecule has 1 saturated heterocycles. The quantitative estimate of drug-likeness (QED) is 0.728. The summed E-state index contributed by atoms with van der Waals surface area (Å²) in [7, 11) is 2.03. The van der Waals surface area contributed by atoms with Crippen LogP contribution in [0.25, 0.3) is 10.9 Å². The van der Waals surface area contributed by atoms with Crippen LogP contribution in [0.3, 0.4) is 0 Å². The fourth-order valence-corrected chi connectivity index (χ4v) is 4.06. The molecule has 5 rings (SSSR count). The first-order valence-electron chi connectivity index (χ1n) is 9.41. The molecule has 2 aromatic heterocycles. The number of amides is 1. The average Bonchev–Trinajstić information content (AvgIpc) is 3.08. The van der Waals surface area contributed by atoms with Gasteiger partial charge in [0, 0.05) is 49.4 Å². The van der Waals surface area contributed by atoms with Crippen molar-refractivity contribution in [3.8, 4) is 0 Å². The second-order valence-corrected chi connectivity index (χ2v) is 7.64. The molecule has 1 aliphatic carbocycles. The number of para-hydroxylation sites is 1. The Balaban J connectivity index is 1.28. The van der Waals surface area contributed by atoms with Gasteiger partial charge >= 0.3 is 0 Å². The average molecular weight is 349 g/mol. The second-order valence-electron chi connectivity index (χ2n) is 7.64. The van der Waals surface area contributed by atoms with Gasteiger partial charge in [-0.25, -0.2) is 4.68 Å². The molecule has 2 fully saturated rings. The summed E-state index contributed by atoms with van der Waals surface area (Å²) >= 11 is 0. The molecule has 1 amide bonds. The maximum atomic E-state index is 12.8. The number of fused-ring (bicyclic) bond motifs is 1. The van der Waals surface area contributed by atoms with Crippen molar-refractivity contribution in [1.82, 2.24) is 24.5 Å². The van der Waals surface area contributed by atoms with Crippen molar-refractivity contribution in [1.29, 1.82) is 0 Å². The van der Waals surface area contributed by atoms with Gasteiger partial charge in [0.25, 0.3) is 0 Å². The van der Waals surface area contributed by atoms with E-state index in [-0.39, 0.29) is 11.9 Å². The fraction of sp³-hybridized carbons (Fsp3) is 0.450. The molecule has 134 valence electrons. The predicted molar refractivity (Wildman–Crippen MR) is 98.9 cm³/mol. The number of benzene rings is 1. The Kier molecular flexibility index (Phi) is 3.58. The third kappa shape index (κ3) is 2.69. The molecule has 1 saturated carbocycles. The highest BCUT2D eigenvalue weighted by Gasteiger charge is 2.31. The van der Waals surface area contributed by atoms with Crippen molar-refractivity contribution in [2.24, 2.45) is 7.05 Å². The summed E-state index contributed by atoms with van der Waals surface area (Å²) in [5, 5.41) is 9.78. The molecule has 1 aliphatic heterocycles. The largest absolute Gasteiger partial charge is 0.350 e. The second kappa shape index (κ2) is 5.97. The van der Waals surface area contributed by atoms with Crippen LogP contribution in [0.5, 0.6) is 0 Å². The Labute approximate surface area is 152 Å². The van der Waals surface area contributed by atoms with E-state index in [0.717, 1.165) is 30.8 Å². The van der Waals surface area contributed by atoms with Crippen molar-refractivity contribution in [3.05, 3.63) is 47.9 Å². The Morgan fingerprint density at radius 2 is 2.04 bits per heavy atom. The molecule has 0 N–H and O–H groups in total. The maximum absolute atomic E-state index is 12.8. The zero-order chi connectivity index (χ0) is 17.7. The molecular formula is C20H23N5O. The summed E-state index contributed by atoms with van der Waals surface area (Å²) in [6, 6.07) is 8.51. The zero-order valence-corrected chi connectivity index (χ0v) is 15.0. The van der Waals surface area contributed by atoms with Crippen molar-refractivity contribution in [2.75, 3.05) is 13.1 Å². The third-order valence-corrected chi connectivity index (χ3v) is 5.73. The number of hydrogen-bond donors (Lipinski definition) is 0. The maximum Gasteiger partial charge on any atom is 0.227 e. The van der Waals surface area contributed by atoms with Gasteiger partial charge in [-0.15, -0.1) is 5.10 Å². The van der Waals surface area contributed by atoms with E-state index < -0.39 is 0 Å². The van der Waals surface area contributed by atoms with Gasteiger partial charge in [-0.1, -0.05) is 23.4 Å². The van der Waals surface area contributed by atoms with Crippen LogP contribution in [0.2, 0.25) is 0 Å². The lowest BCUT2D eigenvalue weighted by Gasteiger charge is -2.16. The number of likely N-dealkylation sites (tertiary alicyclic amines) is 1. The van der Waals surface area contributed by atoms with Crippen molar-refractivity contribution in [2.45, 2.75) is 37.6 Å². The Bertz CT molecular complexity index is 968. The van der Waals surface area contributed by atoms with Crippen molar-refractivity contribution < 1.29 is 4.79 Å². The van der Waals surface area contributed by atoms with Crippen molar-refractivity contribution >= 4 is 16.8 Å². The lowest BCUT2D eigenvalue weighted by atomic mass is 10.1. The first-order chi connectivity index (χ1) is 12.7. The first kappa shape index (κ1) is 15.6. The van der Waals surface area contributed by atoms with Gasteiger partial charge in [0.05, 0.1) is 18.2 Å². The normalized spacial score (nSPS) is 20.2. The number of aryl methyl sites for hydroxylation is 1. The summed E-state index contributed by atoms with van der Waals surface area (Å²) in [4.78, 5) is 14.8. The summed E-state index contributed by atoms with van der Waals surface area (Å²) in [5.41, 5.74) is 3.39. The highest BCUT2D eigenvalue weighted by Crippen LogP contribution is 2.39. The Morgan fingerprint density at radius 1 is 1.19 bits per heavy atom. The van der Waals surface area contributed by atoms with Crippen LogP contribution >= 0.6 is 0 Å². The van der Waals surface area contributed by atoms with Crippen LogP contribution < -0.4 is 0 Å². The minimum atomic E-state index is 0.200. The summed E-state index contributed by atoms with van der Waals surface area (Å²) in [6.45, 7) is 1.53. The number of carbonyl (C=O) groups is 1.